The number of aryl methyl sites for hydroxylation is 1. The van der Waals surface area contributed by atoms with Crippen LogP contribution in [-0.4, -0.2) is 17.7 Å². The van der Waals surface area contributed by atoms with Crippen LogP contribution in [0.5, 0.6) is 5.75 Å². The predicted octanol–water partition coefficient (Wildman–Crippen LogP) is 3.31. The number of aromatic carboxylic acids is 1. The van der Waals surface area contributed by atoms with Gasteiger partial charge in [-0.1, -0.05) is 30.3 Å². The minimum Gasteiger partial charge on any atom is -0.493 e. The molecule has 0 aromatic heterocycles. The van der Waals surface area contributed by atoms with Gasteiger partial charge in [0.2, 0.25) is 0 Å². The summed E-state index contributed by atoms with van der Waals surface area (Å²) in [7, 11) is 0. The zero-order chi connectivity index (χ0) is 13.7. The third kappa shape index (κ3) is 3.58. The molecule has 1 N–H and O–H groups in total. The van der Waals surface area contributed by atoms with Crippen molar-refractivity contribution in [1.82, 2.24) is 0 Å². The molecule has 0 atom stereocenters. The molecule has 98 valence electrons. The SMILES string of the molecule is Cc1cc(OCCc2ccccc2)ccc1C(=O)O. The fourth-order valence-corrected chi connectivity index (χ4v) is 1.90. The van der Waals surface area contributed by atoms with Crippen molar-refractivity contribution in [3.05, 3.63) is 65.2 Å². The highest BCUT2D eigenvalue weighted by Gasteiger charge is 2.07. The summed E-state index contributed by atoms with van der Waals surface area (Å²) < 4.78 is 5.63. The second kappa shape index (κ2) is 6.05. The fraction of sp³-hybridized carbons (Fsp3) is 0.188. The van der Waals surface area contributed by atoms with Crippen molar-refractivity contribution >= 4 is 5.97 Å². The van der Waals surface area contributed by atoms with Gasteiger partial charge in [0.1, 0.15) is 5.75 Å². The van der Waals surface area contributed by atoms with Crippen LogP contribution in [0.2, 0.25) is 0 Å². The molecule has 0 unspecified atom stereocenters. The zero-order valence-electron chi connectivity index (χ0n) is 10.8. The first kappa shape index (κ1) is 13.1. The van der Waals surface area contributed by atoms with E-state index in [2.05, 4.69) is 12.1 Å². The molecule has 0 radical (unpaired) electrons. The van der Waals surface area contributed by atoms with Gasteiger partial charge in [-0.3, -0.25) is 0 Å². The topological polar surface area (TPSA) is 46.5 Å². The molecule has 2 rings (SSSR count). The average Bonchev–Trinajstić information content (AvgIpc) is 2.39. The van der Waals surface area contributed by atoms with Crippen LogP contribution in [0.1, 0.15) is 21.5 Å². The quantitative estimate of drug-likeness (QED) is 0.892. The van der Waals surface area contributed by atoms with Crippen LogP contribution in [-0.2, 0) is 6.42 Å². The smallest absolute Gasteiger partial charge is 0.335 e. The van der Waals surface area contributed by atoms with Crippen molar-refractivity contribution in [3.63, 3.8) is 0 Å². The molecule has 0 saturated heterocycles. The van der Waals surface area contributed by atoms with E-state index >= 15 is 0 Å². The van der Waals surface area contributed by atoms with E-state index in [9.17, 15) is 4.79 Å². The Morgan fingerprint density at radius 3 is 2.53 bits per heavy atom. The lowest BCUT2D eigenvalue weighted by Gasteiger charge is -2.08. The largest absolute Gasteiger partial charge is 0.493 e. The van der Waals surface area contributed by atoms with Gasteiger partial charge in [0.15, 0.2) is 0 Å². The van der Waals surface area contributed by atoms with E-state index in [0.29, 0.717) is 23.5 Å². The highest BCUT2D eigenvalue weighted by molar-refractivity contribution is 5.89. The van der Waals surface area contributed by atoms with Crippen LogP contribution in [0.15, 0.2) is 48.5 Å². The fourth-order valence-electron chi connectivity index (χ4n) is 1.90. The summed E-state index contributed by atoms with van der Waals surface area (Å²) >= 11 is 0. The molecular formula is C16H16O3. The molecule has 19 heavy (non-hydrogen) atoms. The zero-order valence-corrected chi connectivity index (χ0v) is 10.8. The Bertz CT molecular complexity index is 561. The number of hydrogen-bond acceptors (Lipinski definition) is 2. The standard InChI is InChI=1S/C16H16O3/c1-12-11-14(7-8-15(12)16(17)18)19-10-9-13-5-3-2-4-6-13/h2-8,11H,9-10H2,1H3,(H,17,18). The summed E-state index contributed by atoms with van der Waals surface area (Å²) in [5.41, 5.74) is 2.25. The molecule has 0 fully saturated rings. The van der Waals surface area contributed by atoms with Crippen molar-refractivity contribution in [3.8, 4) is 5.75 Å². The molecule has 0 amide bonds. The van der Waals surface area contributed by atoms with Crippen molar-refractivity contribution in [2.75, 3.05) is 6.61 Å². The van der Waals surface area contributed by atoms with Gasteiger partial charge in [-0.15, -0.1) is 0 Å². The number of hydrogen-bond donors (Lipinski definition) is 1. The summed E-state index contributed by atoms with van der Waals surface area (Å²) in [6.45, 7) is 2.35. The first-order chi connectivity index (χ1) is 9.16. The molecule has 2 aromatic rings. The Morgan fingerprint density at radius 1 is 1.16 bits per heavy atom. The Hall–Kier alpha value is -2.29. The second-order valence-corrected chi connectivity index (χ2v) is 4.37. The molecule has 3 nitrogen and oxygen atoms in total. The van der Waals surface area contributed by atoms with Crippen LogP contribution in [0.25, 0.3) is 0 Å². The Morgan fingerprint density at radius 2 is 1.89 bits per heavy atom. The van der Waals surface area contributed by atoms with Gasteiger partial charge in [0.25, 0.3) is 0 Å². The summed E-state index contributed by atoms with van der Waals surface area (Å²) in [6, 6.07) is 15.1. The second-order valence-electron chi connectivity index (χ2n) is 4.37. The maximum Gasteiger partial charge on any atom is 0.335 e. The van der Waals surface area contributed by atoms with E-state index < -0.39 is 5.97 Å². The normalized spacial score (nSPS) is 10.2. The monoisotopic (exact) mass is 256 g/mol. The molecule has 0 aliphatic rings. The van der Waals surface area contributed by atoms with Crippen LogP contribution in [0.4, 0.5) is 0 Å². The van der Waals surface area contributed by atoms with Crippen molar-refractivity contribution in [2.24, 2.45) is 0 Å². The summed E-state index contributed by atoms with van der Waals surface area (Å²) in [6.07, 6.45) is 0.834. The predicted molar refractivity (Wildman–Crippen MR) is 73.8 cm³/mol. The maximum atomic E-state index is 10.9. The first-order valence-corrected chi connectivity index (χ1v) is 6.17. The third-order valence-corrected chi connectivity index (χ3v) is 2.93. The molecule has 0 heterocycles. The Kier molecular flexibility index (Phi) is 4.18. The number of benzene rings is 2. The molecule has 2 aromatic carbocycles. The molecule has 0 spiro atoms. The number of carboxylic acids is 1. The highest BCUT2D eigenvalue weighted by Crippen LogP contribution is 2.17. The molecule has 0 bridgehead atoms. The summed E-state index contributed by atoms with van der Waals surface area (Å²) in [4.78, 5) is 10.9. The van der Waals surface area contributed by atoms with Crippen molar-refractivity contribution in [2.45, 2.75) is 13.3 Å². The van der Waals surface area contributed by atoms with Crippen LogP contribution < -0.4 is 4.74 Å². The van der Waals surface area contributed by atoms with Gasteiger partial charge in [0.05, 0.1) is 12.2 Å². The maximum absolute atomic E-state index is 10.9. The molecule has 0 aliphatic carbocycles. The van der Waals surface area contributed by atoms with E-state index in [1.54, 1.807) is 25.1 Å². The number of ether oxygens (including phenoxy) is 1. The van der Waals surface area contributed by atoms with Crippen LogP contribution in [0, 0.1) is 6.92 Å². The number of carboxylic acid groups (broad SMARTS) is 1. The summed E-state index contributed by atoms with van der Waals surface area (Å²) in [5, 5.41) is 8.94. The minimum absolute atomic E-state index is 0.315. The van der Waals surface area contributed by atoms with Crippen LogP contribution in [0.3, 0.4) is 0 Å². The molecular weight excluding hydrogens is 240 g/mol. The highest BCUT2D eigenvalue weighted by atomic mass is 16.5. The lowest BCUT2D eigenvalue weighted by molar-refractivity contribution is 0.0696. The van der Waals surface area contributed by atoms with Crippen molar-refractivity contribution < 1.29 is 14.6 Å². The van der Waals surface area contributed by atoms with Gasteiger partial charge in [0, 0.05) is 6.42 Å². The van der Waals surface area contributed by atoms with E-state index in [4.69, 9.17) is 9.84 Å². The minimum atomic E-state index is -0.909. The van der Waals surface area contributed by atoms with Crippen LogP contribution >= 0.6 is 0 Å². The summed E-state index contributed by atoms with van der Waals surface area (Å²) in [5.74, 6) is -0.202. The Balaban J connectivity index is 1.93. The van der Waals surface area contributed by atoms with Gasteiger partial charge in [-0.2, -0.15) is 0 Å². The molecule has 3 heteroatoms. The van der Waals surface area contributed by atoms with Gasteiger partial charge < -0.3 is 9.84 Å². The van der Waals surface area contributed by atoms with Crippen molar-refractivity contribution in [1.29, 1.82) is 0 Å². The molecule has 0 aliphatic heterocycles. The number of rotatable bonds is 5. The third-order valence-electron chi connectivity index (χ3n) is 2.93. The van der Waals surface area contributed by atoms with Gasteiger partial charge in [-0.25, -0.2) is 4.79 Å². The van der Waals surface area contributed by atoms with E-state index in [0.717, 1.165) is 6.42 Å². The van der Waals surface area contributed by atoms with E-state index in [1.807, 2.05) is 18.2 Å². The van der Waals surface area contributed by atoms with Gasteiger partial charge in [-0.05, 0) is 36.2 Å². The number of carbonyl (C=O) groups is 1. The van der Waals surface area contributed by atoms with E-state index in [1.165, 1.54) is 5.56 Å². The Labute approximate surface area is 112 Å². The lowest BCUT2D eigenvalue weighted by Crippen LogP contribution is -2.03. The first-order valence-electron chi connectivity index (χ1n) is 6.17. The average molecular weight is 256 g/mol. The lowest BCUT2D eigenvalue weighted by atomic mass is 10.1. The van der Waals surface area contributed by atoms with Gasteiger partial charge >= 0.3 is 5.97 Å². The molecule has 0 saturated carbocycles. The van der Waals surface area contributed by atoms with E-state index in [-0.39, 0.29) is 0 Å².